The Bertz CT molecular complexity index is 467. The van der Waals surface area contributed by atoms with Gasteiger partial charge in [-0.05, 0) is 17.7 Å². The second-order valence-corrected chi connectivity index (χ2v) is 4.04. The van der Waals surface area contributed by atoms with Gasteiger partial charge in [0.25, 0.3) is 5.91 Å². The quantitative estimate of drug-likeness (QED) is 0.432. The summed E-state index contributed by atoms with van der Waals surface area (Å²) >= 11 is 0. The summed E-state index contributed by atoms with van der Waals surface area (Å²) in [6, 6.07) is 7.09. The fraction of sp³-hybridized carbons (Fsp3) is 0.231. The van der Waals surface area contributed by atoms with Crippen LogP contribution in [0.3, 0.4) is 0 Å². The number of carbonyl (C=O) groups is 2. The Labute approximate surface area is 105 Å². The summed E-state index contributed by atoms with van der Waals surface area (Å²) in [5.74, 6) is -0.842. The monoisotopic (exact) mass is 248 g/mol. The average Bonchev–Trinajstić information content (AvgIpc) is 2.37. The molecule has 1 rings (SSSR count). The lowest BCUT2D eigenvalue weighted by Crippen LogP contribution is -2.18. The van der Waals surface area contributed by atoms with Gasteiger partial charge in [-0.25, -0.2) is 5.48 Å². The fourth-order valence-electron chi connectivity index (χ4n) is 1.24. The molecule has 0 aliphatic carbocycles. The summed E-state index contributed by atoms with van der Waals surface area (Å²) in [7, 11) is 0. The highest BCUT2D eigenvalue weighted by molar-refractivity contribution is 5.96. The van der Waals surface area contributed by atoms with Crippen LogP contribution in [-0.4, -0.2) is 17.0 Å². The van der Waals surface area contributed by atoms with Gasteiger partial charge in [-0.15, -0.1) is 0 Å². The lowest BCUT2D eigenvalue weighted by atomic mass is 10.1. The number of rotatable bonds is 4. The number of nitrogens with one attached hydrogen (secondary N) is 2. The van der Waals surface area contributed by atoms with Crippen molar-refractivity contribution in [2.24, 2.45) is 5.92 Å². The summed E-state index contributed by atoms with van der Waals surface area (Å²) in [5.41, 5.74) is 2.81. The van der Waals surface area contributed by atoms with E-state index >= 15 is 0 Å². The minimum absolute atomic E-state index is 0.0949. The largest absolute Gasteiger partial charge is 0.325 e. The van der Waals surface area contributed by atoms with Gasteiger partial charge in [0, 0.05) is 17.7 Å². The SMILES string of the molecule is CC(C)C(=O)Nc1ccccc1/C=C/C(=O)NO. The predicted molar refractivity (Wildman–Crippen MR) is 68.9 cm³/mol. The second kappa shape index (κ2) is 6.56. The van der Waals surface area contributed by atoms with Crippen molar-refractivity contribution >= 4 is 23.6 Å². The van der Waals surface area contributed by atoms with E-state index in [1.165, 1.54) is 17.6 Å². The third-order valence-corrected chi connectivity index (χ3v) is 2.27. The van der Waals surface area contributed by atoms with E-state index in [4.69, 9.17) is 5.21 Å². The van der Waals surface area contributed by atoms with E-state index in [1.807, 2.05) is 0 Å². The lowest BCUT2D eigenvalue weighted by molar-refractivity contribution is -0.124. The van der Waals surface area contributed by atoms with Gasteiger partial charge in [0.2, 0.25) is 5.91 Å². The van der Waals surface area contributed by atoms with Gasteiger partial charge in [0.15, 0.2) is 0 Å². The number of benzene rings is 1. The minimum atomic E-state index is -0.625. The molecule has 0 aromatic heterocycles. The van der Waals surface area contributed by atoms with Crippen molar-refractivity contribution in [3.63, 3.8) is 0 Å². The first-order valence-electron chi connectivity index (χ1n) is 5.56. The highest BCUT2D eigenvalue weighted by Gasteiger charge is 2.08. The summed E-state index contributed by atoms with van der Waals surface area (Å²) < 4.78 is 0. The third kappa shape index (κ3) is 4.03. The molecule has 2 amide bonds. The van der Waals surface area contributed by atoms with Crippen LogP contribution in [0, 0.1) is 5.92 Å². The van der Waals surface area contributed by atoms with E-state index < -0.39 is 5.91 Å². The lowest BCUT2D eigenvalue weighted by Gasteiger charge is -2.10. The second-order valence-electron chi connectivity index (χ2n) is 4.04. The van der Waals surface area contributed by atoms with Crippen LogP contribution in [0.25, 0.3) is 6.08 Å². The molecular formula is C13H16N2O3. The van der Waals surface area contributed by atoms with E-state index in [1.54, 1.807) is 38.1 Å². The highest BCUT2D eigenvalue weighted by Crippen LogP contribution is 2.17. The van der Waals surface area contributed by atoms with Crippen LogP contribution in [0.15, 0.2) is 30.3 Å². The molecule has 0 aliphatic heterocycles. The predicted octanol–water partition coefficient (Wildman–Crippen LogP) is 1.80. The smallest absolute Gasteiger partial charge is 0.267 e. The standard InChI is InChI=1S/C13H16N2O3/c1-9(2)13(17)14-11-6-4-3-5-10(11)7-8-12(16)15-18/h3-9,18H,1-2H3,(H,14,17)(H,15,16)/b8-7+. The van der Waals surface area contributed by atoms with Gasteiger partial charge in [0.05, 0.1) is 0 Å². The number of carbonyl (C=O) groups excluding carboxylic acids is 2. The van der Waals surface area contributed by atoms with Crippen molar-refractivity contribution in [3.8, 4) is 0 Å². The Morgan fingerprint density at radius 3 is 2.56 bits per heavy atom. The van der Waals surface area contributed by atoms with E-state index in [-0.39, 0.29) is 11.8 Å². The molecular weight excluding hydrogens is 232 g/mol. The number of amides is 2. The van der Waals surface area contributed by atoms with Gasteiger partial charge in [-0.2, -0.15) is 0 Å². The van der Waals surface area contributed by atoms with E-state index in [9.17, 15) is 9.59 Å². The molecule has 18 heavy (non-hydrogen) atoms. The molecule has 96 valence electrons. The molecule has 5 nitrogen and oxygen atoms in total. The normalized spacial score (nSPS) is 10.7. The molecule has 0 aliphatic rings. The van der Waals surface area contributed by atoms with Gasteiger partial charge in [0.1, 0.15) is 0 Å². The molecule has 3 N–H and O–H groups in total. The molecule has 5 heteroatoms. The number of hydrogen-bond acceptors (Lipinski definition) is 3. The van der Waals surface area contributed by atoms with Crippen molar-refractivity contribution in [2.45, 2.75) is 13.8 Å². The molecule has 0 atom stereocenters. The molecule has 0 saturated heterocycles. The van der Waals surface area contributed by atoms with Crippen LogP contribution in [0.4, 0.5) is 5.69 Å². The first-order valence-corrected chi connectivity index (χ1v) is 5.56. The van der Waals surface area contributed by atoms with Gasteiger partial charge in [-0.3, -0.25) is 14.8 Å². The van der Waals surface area contributed by atoms with Crippen LogP contribution in [0.5, 0.6) is 0 Å². The molecule has 0 bridgehead atoms. The number of hydroxylamine groups is 1. The average molecular weight is 248 g/mol. The maximum Gasteiger partial charge on any atom is 0.267 e. The zero-order valence-corrected chi connectivity index (χ0v) is 10.3. The number of hydrogen-bond donors (Lipinski definition) is 3. The Morgan fingerprint density at radius 1 is 1.28 bits per heavy atom. The molecule has 0 spiro atoms. The van der Waals surface area contributed by atoms with Crippen molar-refractivity contribution in [2.75, 3.05) is 5.32 Å². The summed E-state index contributed by atoms with van der Waals surface area (Å²) in [6.45, 7) is 3.60. The molecule has 1 aromatic carbocycles. The molecule has 0 radical (unpaired) electrons. The topological polar surface area (TPSA) is 78.4 Å². The number of anilines is 1. The molecule has 1 aromatic rings. The molecule has 0 unspecified atom stereocenters. The Hall–Kier alpha value is -2.14. The van der Waals surface area contributed by atoms with Crippen LogP contribution in [0.2, 0.25) is 0 Å². The van der Waals surface area contributed by atoms with Crippen LogP contribution >= 0.6 is 0 Å². The Kier molecular flexibility index (Phi) is 5.07. The summed E-state index contributed by atoms with van der Waals surface area (Å²) in [5, 5.41) is 11.1. The summed E-state index contributed by atoms with van der Waals surface area (Å²) in [6.07, 6.45) is 2.70. The van der Waals surface area contributed by atoms with Crippen molar-refractivity contribution in [1.29, 1.82) is 0 Å². The van der Waals surface area contributed by atoms with E-state index in [2.05, 4.69) is 5.32 Å². The maximum atomic E-state index is 11.6. The first kappa shape index (κ1) is 13.9. The highest BCUT2D eigenvalue weighted by atomic mass is 16.5. The first-order chi connectivity index (χ1) is 8.54. The fourth-order valence-corrected chi connectivity index (χ4v) is 1.24. The van der Waals surface area contributed by atoms with Crippen LogP contribution < -0.4 is 10.8 Å². The zero-order valence-electron chi connectivity index (χ0n) is 10.3. The van der Waals surface area contributed by atoms with Crippen LogP contribution in [0.1, 0.15) is 19.4 Å². The zero-order chi connectivity index (χ0) is 13.5. The summed E-state index contributed by atoms with van der Waals surface area (Å²) in [4.78, 5) is 22.5. The number of para-hydroxylation sites is 1. The van der Waals surface area contributed by atoms with Crippen molar-refractivity contribution in [3.05, 3.63) is 35.9 Å². The van der Waals surface area contributed by atoms with Crippen molar-refractivity contribution < 1.29 is 14.8 Å². The maximum absolute atomic E-state index is 11.6. The van der Waals surface area contributed by atoms with Crippen molar-refractivity contribution in [1.82, 2.24) is 5.48 Å². The molecule has 0 heterocycles. The molecule has 0 fully saturated rings. The Balaban J connectivity index is 2.89. The van der Waals surface area contributed by atoms with Gasteiger partial charge in [-0.1, -0.05) is 32.0 Å². The van der Waals surface area contributed by atoms with Gasteiger partial charge >= 0.3 is 0 Å². The van der Waals surface area contributed by atoms with Gasteiger partial charge < -0.3 is 5.32 Å². The molecule has 0 saturated carbocycles. The third-order valence-electron chi connectivity index (χ3n) is 2.27. The minimum Gasteiger partial charge on any atom is -0.325 e. The van der Waals surface area contributed by atoms with E-state index in [0.717, 1.165) is 0 Å². The van der Waals surface area contributed by atoms with E-state index in [0.29, 0.717) is 11.3 Å². The Morgan fingerprint density at radius 2 is 1.94 bits per heavy atom. The van der Waals surface area contributed by atoms with Crippen LogP contribution in [-0.2, 0) is 9.59 Å².